The maximum atomic E-state index is 9.32. The van der Waals surface area contributed by atoms with Crippen LogP contribution in [0, 0.1) is 0 Å². The molecule has 2 aliphatic heterocycles. The summed E-state index contributed by atoms with van der Waals surface area (Å²) < 4.78 is 89.6. The van der Waals surface area contributed by atoms with E-state index in [0.29, 0.717) is 0 Å². The number of fused-ring (bicyclic) bond motifs is 14. The van der Waals surface area contributed by atoms with Crippen molar-refractivity contribution in [1.82, 2.24) is 0 Å². The molecule has 10 aromatic rings. The van der Waals surface area contributed by atoms with Gasteiger partial charge in [-0.25, -0.2) is 0 Å². The van der Waals surface area contributed by atoms with E-state index in [2.05, 4.69) is 176 Å². The lowest BCUT2D eigenvalue weighted by Gasteiger charge is -2.45. The summed E-state index contributed by atoms with van der Waals surface area (Å²) in [6.07, 6.45) is 0. The molecule has 0 saturated carbocycles. The van der Waals surface area contributed by atoms with Crippen LogP contribution in [0.4, 0.5) is 51.2 Å². The van der Waals surface area contributed by atoms with Gasteiger partial charge >= 0.3 is 0 Å². The molecule has 1 atom stereocenters. The Morgan fingerprint density at radius 3 is 1.54 bits per heavy atom. The van der Waals surface area contributed by atoms with Crippen molar-refractivity contribution < 1.29 is 13.7 Å². The quantitative estimate of drug-likeness (QED) is 0.159. The van der Waals surface area contributed by atoms with Crippen molar-refractivity contribution in [3.8, 4) is 22.3 Å². The minimum atomic E-state index is -1.02. The molecule has 0 amide bonds. The minimum Gasteiger partial charge on any atom is -0.311 e. The van der Waals surface area contributed by atoms with Crippen LogP contribution in [0.3, 0.4) is 0 Å². The van der Waals surface area contributed by atoms with Crippen molar-refractivity contribution in [3.05, 3.63) is 264 Å². The zero-order valence-electron chi connectivity index (χ0n) is 48.2. The highest BCUT2D eigenvalue weighted by Crippen LogP contribution is 2.64. The van der Waals surface area contributed by atoms with E-state index >= 15 is 0 Å². The fraction of sp³-hybridized carbons (Fsp3) is 0.0769. The third kappa shape index (κ3) is 5.63. The summed E-state index contributed by atoms with van der Waals surface area (Å²) in [6.45, 7) is 6.61. The number of hydrogen-bond acceptors (Lipinski definition) is 3. The Labute approximate surface area is 419 Å². The van der Waals surface area contributed by atoms with E-state index in [4.69, 9.17) is 8.22 Å². The largest absolute Gasteiger partial charge is 0.311 e. The van der Waals surface area contributed by atoms with Gasteiger partial charge in [0, 0.05) is 51.2 Å². The fourth-order valence-corrected chi connectivity index (χ4v) is 11.9. The smallest absolute Gasteiger partial charge is 0.252 e. The Hall–Kier alpha value is -8.34. The number of hydrogen-bond donors (Lipinski definition) is 0. The summed E-state index contributed by atoms with van der Waals surface area (Å²) in [5.41, 5.74) is 17.2. The van der Waals surface area contributed by atoms with Gasteiger partial charge in [-0.15, -0.1) is 0 Å². The minimum absolute atomic E-state index is 0.184. The molecule has 0 aromatic heterocycles. The molecule has 2 aliphatic carbocycles. The van der Waals surface area contributed by atoms with Crippen LogP contribution in [-0.4, -0.2) is 6.71 Å². The molecule has 0 bridgehead atoms. The zero-order valence-corrected chi connectivity index (χ0v) is 38.2. The summed E-state index contributed by atoms with van der Waals surface area (Å²) in [6, 6.07) is 55.9. The van der Waals surface area contributed by atoms with Crippen LogP contribution in [0.25, 0.3) is 22.3 Å². The Bertz CT molecular complexity index is 4170. The Balaban J connectivity index is 1.10. The third-order valence-corrected chi connectivity index (χ3v) is 14.7. The Morgan fingerprint density at radius 2 is 0.928 bits per heavy atom. The first-order chi connectivity index (χ1) is 38.0. The van der Waals surface area contributed by atoms with E-state index in [-0.39, 0.29) is 29.2 Å². The van der Waals surface area contributed by atoms with Crippen LogP contribution in [0.2, 0.25) is 0 Å². The number of anilines is 9. The molecule has 326 valence electrons. The van der Waals surface area contributed by atoms with Crippen molar-refractivity contribution in [2.75, 3.05) is 14.7 Å². The summed E-state index contributed by atoms with van der Waals surface area (Å²) >= 11 is 0. The molecule has 0 radical (unpaired) electrons. The maximum Gasteiger partial charge on any atom is 0.252 e. The standard InChI is InChI=1S/C65H48BN3/c1-64(2,3)43-38-61-63-62(39-43)69(47-28-14-7-15-29-47)60-42-56-52(41-58(60)66(63)57-34-20-21-35-59(57)68(61)46-26-12-6-13-27-46)50-31-17-19-33-54(50)65(56)53-32-18-16-30-49(53)51-37-36-48(40-55(51)65)67(44-22-8-4-9-23-44)45-24-10-5-11-25-45/h4-42H,1-3H3/i4D,5D,8D,9D,10D,11D,22D,23D,24D,25D. The lowest BCUT2D eigenvalue weighted by Crippen LogP contribution is -2.61. The first-order valence-corrected chi connectivity index (χ1v) is 23.5. The van der Waals surface area contributed by atoms with Gasteiger partial charge in [-0.2, -0.15) is 0 Å². The summed E-state index contributed by atoms with van der Waals surface area (Å²) in [7, 11) is 0. The molecule has 0 saturated heterocycles. The van der Waals surface area contributed by atoms with Crippen LogP contribution < -0.4 is 31.1 Å². The van der Waals surface area contributed by atoms with E-state index in [9.17, 15) is 5.48 Å². The lowest BCUT2D eigenvalue weighted by atomic mass is 9.33. The number of nitrogens with zero attached hydrogens (tertiary/aromatic N) is 3. The number of benzene rings is 10. The maximum absolute atomic E-state index is 9.32. The Kier molecular flexibility index (Phi) is 6.63. The van der Waals surface area contributed by atoms with Gasteiger partial charge in [0.2, 0.25) is 0 Å². The van der Waals surface area contributed by atoms with Gasteiger partial charge in [0.1, 0.15) is 0 Å². The molecule has 1 unspecified atom stereocenters. The van der Waals surface area contributed by atoms with Crippen molar-refractivity contribution in [1.29, 1.82) is 0 Å². The van der Waals surface area contributed by atoms with Crippen molar-refractivity contribution in [2.45, 2.75) is 31.6 Å². The average molecular weight is 892 g/mol. The van der Waals surface area contributed by atoms with Crippen molar-refractivity contribution >= 4 is 74.3 Å². The van der Waals surface area contributed by atoms with Gasteiger partial charge in [-0.05, 0) is 157 Å². The second-order valence-electron chi connectivity index (χ2n) is 19.3. The monoisotopic (exact) mass is 891 g/mol. The molecular formula is C65H48BN3. The predicted octanol–water partition coefficient (Wildman–Crippen LogP) is 14.9. The lowest BCUT2D eigenvalue weighted by molar-refractivity contribution is 0.590. The zero-order chi connectivity index (χ0) is 54.7. The summed E-state index contributed by atoms with van der Waals surface area (Å²) in [5, 5.41) is 0. The molecule has 2 heterocycles. The highest BCUT2D eigenvalue weighted by Gasteiger charge is 2.54. The van der Waals surface area contributed by atoms with Crippen LogP contribution in [0.15, 0.2) is 236 Å². The molecule has 10 aromatic carbocycles. The molecule has 14 rings (SSSR count). The first kappa shape index (κ1) is 30.9. The highest BCUT2D eigenvalue weighted by molar-refractivity contribution is 7.00. The van der Waals surface area contributed by atoms with Gasteiger partial charge < -0.3 is 14.7 Å². The van der Waals surface area contributed by atoms with Crippen molar-refractivity contribution in [3.63, 3.8) is 0 Å². The average Bonchev–Trinajstić information content (AvgIpc) is 3.86. The molecular weight excluding hydrogens is 834 g/mol. The fourth-order valence-electron chi connectivity index (χ4n) is 11.9. The first-order valence-electron chi connectivity index (χ1n) is 28.5. The molecule has 4 heteroatoms. The number of para-hydroxylation sites is 5. The second kappa shape index (κ2) is 14.8. The summed E-state index contributed by atoms with van der Waals surface area (Å²) in [4.78, 5) is 6.13. The predicted molar refractivity (Wildman–Crippen MR) is 290 cm³/mol. The molecule has 1 spiro atoms. The third-order valence-electron chi connectivity index (χ3n) is 14.7. The molecule has 0 N–H and O–H groups in total. The van der Waals surface area contributed by atoms with Gasteiger partial charge in [0.15, 0.2) is 0 Å². The van der Waals surface area contributed by atoms with Gasteiger partial charge in [0.05, 0.1) is 19.1 Å². The van der Waals surface area contributed by atoms with Gasteiger partial charge in [-0.3, -0.25) is 0 Å². The van der Waals surface area contributed by atoms with Crippen LogP contribution in [0.1, 0.15) is 62.3 Å². The number of rotatable bonds is 5. The summed E-state index contributed by atoms with van der Waals surface area (Å²) in [5.74, 6) is 0. The van der Waals surface area contributed by atoms with E-state index in [0.717, 1.165) is 84.1 Å². The van der Waals surface area contributed by atoms with Crippen LogP contribution >= 0.6 is 0 Å². The van der Waals surface area contributed by atoms with E-state index < -0.39 is 65.8 Å². The van der Waals surface area contributed by atoms with Crippen LogP contribution in [0.5, 0.6) is 0 Å². The topological polar surface area (TPSA) is 9.72 Å². The van der Waals surface area contributed by atoms with Crippen molar-refractivity contribution in [2.24, 2.45) is 0 Å². The normalized spacial score (nSPS) is 17.5. The van der Waals surface area contributed by atoms with Gasteiger partial charge in [-0.1, -0.05) is 172 Å². The molecule has 3 nitrogen and oxygen atoms in total. The highest BCUT2D eigenvalue weighted by atomic mass is 15.2. The van der Waals surface area contributed by atoms with E-state index in [1.54, 1.807) is 6.07 Å². The van der Waals surface area contributed by atoms with Gasteiger partial charge in [0.25, 0.3) is 6.71 Å². The van der Waals surface area contributed by atoms with E-state index in [1.807, 2.05) is 24.3 Å². The second-order valence-corrected chi connectivity index (χ2v) is 19.3. The molecule has 0 fully saturated rings. The van der Waals surface area contributed by atoms with E-state index in [1.165, 1.54) is 21.4 Å². The molecule has 4 aliphatic rings. The molecule has 69 heavy (non-hydrogen) atoms. The van der Waals surface area contributed by atoms with Crippen LogP contribution in [-0.2, 0) is 10.8 Å². The SMILES string of the molecule is [2H]c1c([2H])c([2H])c(N(c2ccc3c(c2)C2(c4ccccc4-3)c3ccccc3-c3cc4c(cc32)N(c2ccccc2)c2cc(C(C)(C)C)cc3c2B4c2ccccc2N3c2ccccc2)c2c([2H])c([2H])c([2H])c([2H])c2[2H])c([2H])c1[2H]. The Morgan fingerprint density at radius 1 is 0.420 bits per heavy atom.